The van der Waals surface area contributed by atoms with Crippen LogP contribution in [0.4, 0.5) is 5.69 Å². The molecule has 2 amide bonds. The van der Waals surface area contributed by atoms with Gasteiger partial charge >= 0.3 is 5.97 Å². The predicted molar refractivity (Wildman–Crippen MR) is 164 cm³/mol. The van der Waals surface area contributed by atoms with E-state index in [1.54, 1.807) is 11.9 Å². The molecular formula is C35H39N3O4. The van der Waals surface area contributed by atoms with E-state index in [9.17, 15) is 14.4 Å². The van der Waals surface area contributed by atoms with Crippen molar-refractivity contribution in [2.75, 3.05) is 11.9 Å². The van der Waals surface area contributed by atoms with Crippen LogP contribution in [0.5, 0.6) is 0 Å². The Morgan fingerprint density at radius 1 is 0.952 bits per heavy atom. The van der Waals surface area contributed by atoms with Gasteiger partial charge in [-0.3, -0.25) is 14.4 Å². The van der Waals surface area contributed by atoms with Gasteiger partial charge in [-0.15, -0.1) is 0 Å². The molecule has 7 heteroatoms. The largest absolute Gasteiger partial charge is 0.466 e. The molecule has 1 heterocycles. The van der Waals surface area contributed by atoms with Crippen LogP contribution < -0.4 is 5.32 Å². The van der Waals surface area contributed by atoms with Crippen LogP contribution in [0.1, 0.15) is 80.0 Å². The number of anilines is 1. The van der Waals surface area contributed by atoms with Gasteiger partial charge in [0.15, 0.2) is 0 Å². The summed E-state index contributed by atoms with van der Waals surface area (Å²) in [5, 5.41) is 9.39. The topological polar surface area (TPSA) is 88.1 Å². The number of benzene rings is 3. The Morgan fingerprint density at radius 3 is 2.45 bits per heavy atom. The molecule has 1 aliphatic carbocycles. The van der Waals surface area contributed by atoms with E-state index in [1.165, 1.54) is 0 Å². The number of rotatable bonds is 11. The number of nitrogens with zero attached hydrogens (tertiary/aromatic N) is 2. The monoisotopic (exact) mass is 565 g/mol. The highest BCUT2D eigenvalue weighted by Crippen LogP contribution is 2.38. The van der Waals surface area contributed by atoms with Crippen molar-refractivity contribution in [3.8, 4) is 0 Å². The molecule has 0 aromatic heterocycles. The summed E-state index contributed by atoms with van der Waals surface area (Å²) < 4.78 is 5.04. The summed E-state index contributed by atoms with van der Waals surface area (Å²) in [6.07, 6.45) is 6.28. The minimum Gasteiger partial charge on any atom is -0.466 e. The van der Waals surface area contributed by atoms with Gasteiger partial charge in [0.05, 0.1) is 24.8 Å². The molecule has 2 aliphatic rings. The van der Waals surface area contributed by atoms with Gasteiger partial charge in [-0.2, -0.15) is 5.10 Å². The lowest BCUT2D eigenvalue weighted by atomic mass is 9.83. The number of amides is 2. The fraction of sp³-hybridized carbons (Fsp3) is 0.371. The molecule has 5 rings (SSSR count). The third-order valence-electron chi connectivity index (χ3n) is 8.15. The van der Waals surface area contributed by atoms with E-state index in [2.05, 4.69) is 10.4 Å². The summed E-state index contributed by atoms with van der Waals surface area (Å²) in [5.74, 6) is -0.189. The highest BCUT2D eigenvalue weighted by molar-refractivity contribution is 6.04. The van der Waals surface area contributed by atoms with Gasteiger partial charge in [-0.1, -0.05) is 79.6 Å². The quantitative estimate of drug-likeness (QED) is 0.265. The van der Waals surface area contributed by atoms with Crippen LogP contribution in [-0.4, -0.2) is 35.1 Å². The molecule has 7 nitrogen and oxygen atoms in total. The van der Waals surface area contributed by atoms with Crippen molar-refractivity contribution < 1.29 is 19.1 Å². The molecule has 1 aliphatic heterocycles. The number of nitrogens with one attached hydrogen (secondary N) is 1. The van der Waals surface area contributed by atoms with Crippen molar-refractivity contribution >= 4 is 29.2 Å². The molecule has 1 atom stereocenters. The van der Waals surface area contributed by atoms with Gasteiger partial charge in [-0.25, -0.2) is 5.01 Å². The summed E-state index contributed by atoms with van der Waals surface area (Å²) in [7, 11) is 0. The number of hydrogen-bond donors (Lipinski definition) is 1. The summed E-state index contributed by atoms with van der Waals surface area (Å²) in [6.45, 7) is 2.57. The number of esters is 1. The van der Waals surface area contributed by atoms with E-state index in [0.29, 0.717) is 38.8 Å². The Hall–Kier alpha value is -4.26. The first kappa shape index (κ1) is 29.2. The predicted octanol–water partition coefficient (Wildman–Crippen LogP) is 6.62. The second-order valence-electron chi connectivity index (χ2n) is 11.1. The Kier molecular flexibility index (Phi) is 9.80. The van der Waals surface area contributed by atoms with E-state index in [-0.39, 0.29) is 29.6 Å². The lowest BCUT2D eigenvalue weighted by molar-refractivity contribution is -0.143. The normalized spacial score (nSPS) is 16.2. The molecule has 1 N–H and O–H groups in total. The molecule has 0 bridgehead atoms. The molecule has 0 radical (unpaired) electrons. The maximum atomic E-state index is 13.7. The number of carbonyl (C=O) groups is 3. The summed E-state index contributed by atoms with van der Waals surface area (Å²) >= 11 is 0. The third-order valence-corrected chi connectivity index (χ3v) is 8.15. The fourth-order valence-electron chi connectivity index (χ4n) is 6.00. The van der Waals surface area contributed by atoms with Crippen LogP contribution >= 0.6 is 0 Å². The van der Waals surface area contributed by atoms with Gasteiger partial charge in [0.1, 0.15) is 0 Å². The Bertz CT molecular complexity index is 1410. The molecular weight excluding hydrogens is 526 g/mol. The van der Waals surface area contributed by atoms with Crippen LogP contribution in [0.25, 0.3) is 0 Å². The average Bonchev–Trinajstić information content (AvgIpc) is 3.53. The fourth-order valence-corrected chi connectivity index (χ4v) is 6.00. The van der Waals surface area contributed by atoms with Crippen molar-refractivity contribution in [2.45, 2.75) is 70.8 Å². The maximum Gasteiger partial charge on any atom is 0.306 e. The minimum absolute atomic E-state index is 0.0134. The smallest absolute Gasteiger partial charge is 0.306 e. The highest BCUT2D eigenvalue weighted by atomic mass is 16.5. The molecule has 1 saturated carbocycles. The number of ether oxygens (including phenoxy) is 1. The molecule has 0 spiro atoms. The Morgan fingerprint density at radius 2 is 1.71 bits per heavy atom. The van der Waals surface area contributed by atoms with E-state index in [4.69, 9.17) is 4.74 Å². The van der Waals surface area contributed by atoms with Crippen LogP contribution in [0, 0.1) is 5.92 Å². The van der Waals surface area contributed by atoms with Crippen LogP contribution in [0.2, 0.25) is 0 Å². The summed E-state index contributed by atoms with van der Waals surface area (Å²) in [4.78, 5) is 38.2. The van der Waals surface area contributed by atoms with Crippen molar-refractivity contribution in [1.29, 1.82) is 0 Å². The van der Waals surface area contributed by atoms with Gasteiger partial charge in [-0.05, 0) is 66.5 Å². The molecule has 0 saturated heterocycles. The van der Waals surface area contributed by atoms with Crippen LogP contribution in [-0.2, 0) is 32.1 Å². The number of aryl methyl sites for hydroxylation is 1. The molecule has 3 aromatic rings. The van der Waals surface area contributed by atoms with Gasteiger partial charge in [0.2, 0.25) is 11.8 Å². The van der Waals surface area contributed by atoms with E-state index < -0.39 is 0 Å². The van der Waals surface area contributed by atoms with Crippen LogP contribution in [0.15, 0.2) is 84.0 Å². The molecule has 1 fully saturated rings. The zero-order valence-corrected chi connectivity index (χ0v) is 24.3. The summed E-state index contributed by atoms with van der Waals surface area (Å²) in [5.41, 5.74) is 5.64. The summed E-state index contributed by atoms with van der Waals surface area (Å²) in [6, 6.07) is 25.8. The highest BCUT2D eigenvalue weighted by Gasteiger charge is 2.32. The lowest BCUT2D eigenvalue weighted by Gasteiger charge is -2.25. The molecule has 1 unspecified atom stereocenters. The first-order valence-corrected chi connectivity index (χ1v) is 15.1. The van der Waals surface area contributed by atoms with E-state index in [0.717, 1.165) is 59.3 Å². The van der Waals surface area contributed by atoms with Crippen molar-refractivity contribution in [3.05, 3.63) is 101 Å². The lowest BCUT2D eigenvalue weighted by Crippen LogP contribution is -2.31. The number of hydrogen-bond acceptors (Lipinski definition) is 5. The number of hydrazone groups is 1. The SMILES string of the molecule is CCOC(=O)CCc1cccc(NC(=O)C(c2ccc(CN3N=C(c4ccccc4)CCC3=O)cc2)C2CCCC2)c1. The Balaban J connectivity index is 1.28. The van der Waals surface area contributed by atoms with Crippen molar-refractivity contribution in [1.82, 2.24) is 5.01 Å². The van der Waals surface area contributed by atoms with Crippen molar-refractivity contribution in [3.63, 3.8) is 0 Å². The molecule has 42 heavy (non-hydrogen) atoms. The standard InChI is InChI=1S/C35H39N3O4/c1-2-42-33(40)22-17-25-9-8-14-30(23-25)36-35(41)34(28-12-6-7-13-28)29-18-15-26(16-19-29)24-38-32(39)21-20-31(37-38)27-10-4-3-5-11-27/h3-5,8-11,14-16,18-19,23,28,34H,2,6-7,12-13,17,20-22,24H2,1H3,(H,36,41). The minimum atomic E-state index is -0.260. The molecule has 3 aromatic carbocycles. The first-order chi connectivity index (χ1) is 20.5. The van der Waals surface area contributed by atoms with Gasteiger partial charge < -0.3 is 10.1 Å². The van der Waals surface area contributed by atoms with E-state index in [1.807, 2.05) is 78.9 Å². The zero-order chi connectivity index (χ0) is 29.3. The average molecular weight is 566 g/mol. The van der Waals surface area contributed by atoms with Gasteiger partial charge in [0.25, 0.3) is 0 Å². The van der Waals surface area contributed by atoms with E-state index >= 15 is 0 Å². The van der Waals surface area contributed by atoms with Gasteiger partial charge in [0, 0.05) is 24.9 Å². The first-order valence-electron chi connectivity index (χ1n) is 15.1. The molecule has 218 valence electrons. The maximum absolute atomic E-state index is 13.7. The van der Waals surface area contributed by atoms with Crippen molar-refractivity contribution in [2.24, 2.45) is 11.0 Å². The third kappa shape index (κ3) is 7.52. The Labute approximate surface area is 248 Å². The van der Waals surface area contributed by atoms with Crippen LogP contribution in [0.3, 0.4) is 0 Å². The number of carbonyl (C=O) groups excluding carboxylic acids is 3. The zero-order valence-electron chi connectivity index (χ0n) is 24.3. The second kappa shape index (κ2) is 14.1. The second-order valence-corrected chi connectivity index (χ2v) is 11.1.